The van der Waals surface area contributed by atoms with Crippen LogP contribution >= 0.6 is 11.6 Å². The van der Waals surface area contributed by atoms with Gasteiger partial charge in [-0.15, -0.1) is 0 Å². The van der Waals surface area contributed by atoms with Crippen LogP contribution in [-0.2, 0) is 0 Å². The second kappa shape index (κ2) is 7.40. The molecule has 1 atom stereocenters. The van der Waals surface area contributed by atoms with Gasteiger partial charge in [0.05, 0.1) is 27.8 Å². The molecular formula is C24H16ClN3O4. The second-order valence-electron chi connectivity index (χ2n) is 7.46. The number of amides is 2. The average molecular weight is 446 g/mol. The summed E-state index contributed by atoms with van der Waals surface area (Å²) in [6.07, 6.45) is -0.982. The van der Waals surface area contributed by atoms with Crippen LogP contribution in [0.25, 0.3) is 11.0 Å². The molecule has 3 aromatic carbocycles. The Morgan fingerprint density at radius 2 is 1.66 bits per heavy atom. The average Bonchev–Trinajstić information content (AvgIpc) is 3.30. The summed E-state index contributed by atoms with van der Waals surface area (Å²) in [6, 6.07) is 17.8. The van der Waals surface area contributed by atoms with Crippen LogP contribution in [0.4, 0.5) is 5.69 Å². The number of aliphatic hydroxyl groups excluding tert-OH is 1. The lowest BCUT2D eigenvalue weighted by Gasteiger charge is -2.13. The summed E-state index contributed by atoms with van der Waals surface area (Å²) in [5.74, 6) is -1.25. The predicted molar refractivity (Wildman–Crippen MR) is 119 cm³/mol. The third kappa shape index (κ3) is 3.02. The first-order valence-electron chi connectivity index (χ1n) is 9.85. The lowest BCUT2D eigenvalue weighted by molar-refractivity contribution is 0.0923. The van der Waals surface area contributed by atoms with Crippen molar-refractivity contribution < 1.29 is 19.5 Å². The van der Waals surface area contributed by atoms with Crippen molar-refractivity contribution in [1.82, 2.24) is 9.55 Å². The molecule has 0 saturated carbocycles. The number of para-hydroxylation sites is 2. The molecule has 0 unspecified atom stereocenters. The van der Waals surface area contributed by atoms with Gasteiger partial charge >= 0.3 is 0 Å². The lowest BCUT2D eigenvalue weighted by atomic mass is 10.1. The summed E-state index contributed by atoms with van der Waals surface area (Å²) in [5.41, 5.74) is 2.06. The van der Waals surface area contributed by atoms with Crippen LogP contribution in [-0.4, -0.2) is 32.4 Å². The molecule has 2 amide bonds. The van der Waals surface area contributed by atoms with Crippen LogP contribution in [0.5, 0.6) is 0 Å². The second-order valence-corrected chi connectivity index (χ2v) is 7.89. The van der Waals surface area contributed by atoms with E-state index in [1.165, 1.54) is 29.7 Å². The van der Waals surface area contributed by atoms with E-state index in [2.05, 4.69) is 4.98 Å². The number of fused-ring (bicyclic) bond motifs is 2. The number of carbonyl (C=O) groups is 3. The molecule has 7 nitrogen and oxygen atoms in total. The number of hydrogen-bond acceptors (Lipinski definition) is 5. The molecule has 0 fully saturated rings. The third-order valence-corrected chi connectivity index (χ3v) is 5.63. The molecule has 1 aliphatic rings. The molecule has 1 aliphatic heterocycles. The van der Waals surface area contributed by atoms with Gasteiger partial charge in [-0.05, 0) is 61.5 Å². The summed E-state index contributed by atoms with van der Waals surface area (Å²) in [4.78, 5) is 44.7. The van der Waals surface area contributed by atoms with Gasteiger partial charge in [-0.25, -0.2) is 9.88 Å². The zero-order valence-corrected chi connectivity index (χ0v) is 17.6. The molecule has 8 heteroatoms. The topological polar surface area (TPSA) is 92.5 Å². The van der Waals surface area contributed by atoms with E-state index in [0.717, 1.165) is 4.90 Å². The molecule has 5 rings (SSSR count). The number of halogens is 1. The van der Waals surface area contributed by atoms with Crippen molar-refractivity contribution in [2.75, 3.05) is 4.90 Å². The first kappa shape index (κ1) is 20.1. The Bertz CT molecular complexity index is 1420. The van der Waals surface area contributed by atoms with Crippen LogP contribution in [0.3, 0.4) is 0 Å². The van der Waals surface area contributed by atoms with Crippen molar-refractivity contribution >= 4 is 46.0 Å². The number of benzene rings is 3. The number of anilines is 1. The van der Waals surface area contributed by atoms with Crippen LogP contribution in [0.15, 0.2) is 66.7 Å². The van der Waals surface area contributed by atoms with E-state index < -0.39 is 23.8 Å². The minimum atomic E-state index is -0.982. The number of hydrogen-bond donors (Lipinski definition) is 1. The fraction of sp³-hybridized carbons (Fsp3) is 0.0833. The molecule has 1 aromatic heterocycles. The number of carbonyl (C=O) groups excluding carboxylic acids is 3. The SMILES string of the molecule is C[C@@H](O)c1nc2ccccc2n1C(=O)c1ccc2c(c1)C(=O)N(c1ccc(Cl)cc1)C2=O. The first-order chi connectivity index (χ1) is 15.4. The Hall–Kier alpha value is -3.81. The Morgan fingerprint density at radius 1 is 0.969 bits per heavy atom. The summed E-state index contributed by atoms with van der Waals surface area (Å²) < 4.78 is 1.33. The van der Waals surface area contributed by atoms with Gasteiger partial charge in [0.2, 0.25) is 0 Å². The molecule has 0 saturated heterocycles. The van der Waals surface area contributed by atoms with Gasteiger partial charge in [0, 0.05) is 10.6 Å². The summed E-state index contributed by atoms with van der Waals surface area (Å²) >= 11 is 5.91. The quantitative estimate of drug-likeness (QED) is 0.476. The monoisotopic (exact) mass is 445 g/mol. The maximum absolute atomic E-state index is 13.4. The number of nitrogens with zero attached hydrogens (tertiary/aromatic N) is 3. The fourth-order valence-corrected chi connectivity index (χ4v) is 3.99. The number of aliphatic hydroxyl groups is 1. The van der Waals surface area contributed by atoms with Gasteiger partial charge in [-0.3, -0.25) is 19.0 Å². The van der Waals surface area contributed by atoms with Gasteiger partial charge in [0.15, 0.2) is 0 Å². The van der Waals surface area contributed by atoms with Gasteiger partial charge in [-0.1, -0.05) is 23.7 Å². The standard InChI is InChI=1S/C24H16ClN3O4/c1-13(29)21-26-19-4-2-3-5-20(19)28(21)22(30)14-6-11-17-18(12-14)24(32)27(23(17)31)16-9-7-15(25)8-10-16/h2-13,29H,1H3/t13-/m1/s1. The van der Waals surface area contributed by atoms with Gasteiger partial charge in [-0.2, -0.15) is 0 Å². The highest BCUT2D eigenvalue weighted by atomic mass is 35.5. The zero-order chi connectivity index (χ0) is 22.6. The molecule has 2 heterocycles. The molecule has 0 spiro atoms. The van der Waals surface area contributed by atoms with Crippen LogP contribution < -0.4 is 4.90 Å². The van der Waals surface area contributed by atoms with Crippen LogP contribution in [0, 0.1) is 0 Å². The van der Waals surface area contributed by atoms with Crippen molar-refractivity contribution in [3.05, 3.63) is 94.3 Å². The molecule has 0 radical (unpaired) electrons. The van der Waals surface area contributed by atoms with Crippen molar-refractivity contribution in [2.45, 2.75) is 13.0 Å². The third-order valence-electron chi connectivity index (χ3n) is 5.38. The Morgan fingerprint density at radius 3 is 2.38 bits per heavy atom. The smallest absolute Gasteiger partial charge is 0.266 e. The molecular weight excluding hydrogens is 430 g/mol. The van der Waals surface area contributed by atoms with E-state index in [4.69, 9.17) is 11.6 Å². The van der Waals surface area contributed by atoms with Crippen LogP contribution in [0.2, 0.25) is 5.02 Å². The van der Waals surface area contributed by atoms with Crippen molar-refractivity contribution in [3.8, 4) is 0 Å². The van der Waals surface area contributed by atoms with Gasteiger partial charge in [0.1, 0.15) is 11.9 Å². The molecule has 0 bridgehead atoms. The van der Waals surface area contributed by atoms with E-state index >= 15 is 0 Å². The minimum Gasteiger partial charge on any atom is -0.385 e. The summed E-state index contributed by atoms with van der Waals surface area (Å²) in [6.45, 7) is 1.53. The maximum Gasteiger partial charge on any atom is 0.266 e. The molecule has 1 N–H and O–H groups in total. The number of rotatable bonds is 3. The van der Waals surface area contributed by atoms with Crippen molar-refractivity contribution in [2.24, 2.45) is 0 Å². The molecule has 0 aliphatic carbocycles. The highest BCUT2D eigenvalue weighted by Crippen LogP contribution is 2.31. The van der Waals surface area contributed by atoms with Crippen molar-refractivity contribution in [3.63, 3.8) is 0 Å². The van der Waals surface area contributed by atoms with Gasteiger partial charge in [0.25, 0.3) is 17.7 Å². The first-order valence-corrected chi connectivity index (χ1v) is 10.2. The van der Waals surface area contributed by atoms with E-state index in [1.54, 1.807) is 48.5 Å². The molecule has 158 valence electrons. The zero-order valence-electron chi connectivity index (χ0n) is 16.8. The van der Waals surface area contributed by atoms with Crippen LogP contribution in [0.1, 0.15) is 49.9 Å². The molecule has 32 heavy (non-hydrogen) atoms. The number of imide groups is 1. The summed E-state index contributed by atoms with van der Waals surface area (Å²) in [5, 5.41) is 10.6. The normalized spacial score (nSPS) is 14.2. The Balaban J connectivity index is 1.58. The Kier molecular flexibility index (Phi) is 4.65. The Labute approximate surface area is 187 Å². The number of imidazole rings is 1. The maximum atomic E-state index is 13.4. The highest BCUT2D eigenvalue weighted by Gasteiger charge is 2.37. The largest absolute Gasteiger partial charge is 0.385 e. The highest BCUT2D eigenvalue weighted by molar-refractivity contribution is 6.35. The van der Waals surface area contributed by atoms with E-state index in [9.17, 15) is 19.5 Å². The van der Waals surface area contributed by atoms with Gasteiger partial charge < -0.3 is 5.11 Å². The van der Waals surface area contributed by atoms with E-state index in [0.29, 0.717) is 21.7 Å². The summed E-state index contributed by atoms with van der Waals surface area (Å²) in [7, 11) is 0. The van der Waals surface area contributed by atoms with Crippen molar-refractivity contribution in [1.29, 1.82) is 0 Å². The number of aromatic nitrogens is 2. The minimum absolute atomic E-state index is 0.138. The van der Waals surface area contributed by atoms with E-state index in [-0.39, 0.29) is 22.5 Å². The molecule has 4 aromatic rings. The predicted octanol–water partition coefficient (Wildman–Crippen LogP) is 4.23. The van der Waals surface area contributed by atoms with E-state index in [1.807, 2.05) is 0 Å². The fourth-order valence-electron chi connectivity index (χ4n) is 3.87. The lowest BCUT2D eigenvalue weighted by Crippen LogP contribution is -2.29.